The van der Waals surface area contributed by atoms with E-state index in [9.17, 15) is 0 Å². The molecular weight excluding hydrogens is 90.4 g/mol. The average molecular weight is 98.5 g/mol. The van der Waals surface area contributed by atoms with Crippen LogP contribution < -0.4 is 0 Å². The van der Waals surface area contributed by atoms with Crippen LogP contribution in [0.25, 0.3) is 0 Å². The maximum Gasteiger partial charge on any atom is 0.0108 e. The van der Waals surface area contributed by atoms with Gasteiger partial charge in [-0.25, -0.2) is 0 Å². The number of halogens is 1. The summed E-state index contributed by atoms with van der Waals surface area (Å²) in [4.78, 5) is 0. The molecule has 0 aromatic heterocycles. The molecule has 1 unspecified atom stereocenters. The van der Waals surface area contributed by atoms with E-state index in [1.807, 2.05) is 6.66 Å². The molecule has 0 N–H and O–H groups in total. The van der Waals surface area contributed by atoms with E-state index in [2.05, 4.69) is 20.8 Å². The normalized spacial score (nSPS) is 3.00. The number of hydrogen-bond donors (Lipinski definition) is 0. The molecule has 0 nitrogen and oxygen atoms in total. The Kier molecular flexibility index (Phi) is 117. The predicted octanol–water partition coefficient (Wildman–Crippen LogP) is 1.35. The van der Waals surface area contributed by atoms with Crippen molar-refractivity contribution in [2.45, 2.75) is 0 Å². The Labute approximate surface area is 34.7 Å². The van der Waals surface area contributed by atoms with Gasteiger partial charge in [-0.05, 0) is 0 Å². The molecular formula is C2H8ClP. The third-order valence-corrected chi connectivity index (χ3v) is 0. The zero-order valence-corrected chi connectivity index (χ0v) is 4.87. The first-order chi connectivity index (χ1) is 2.00. The van der Waals surface area contributed by atoms with Crippen molar-refractivity contribution >= 4 is 20.8 Å². The van der Waals surface area contributed by atoms with Crippen molar-refractivity contribution in [2.75, 3.05) is 13.0 Å². The topological polar surface area (TPSA) is 0 Å². The van der Waals surface area contributed by atoms with E-state index >= 15 is 0 Å². The monoisotopic (exact) mass is 98.0 g/mol. The SMILES string of the molecule is CCl.CP. The third-order valence-electron chi connectivity index (χ3n) is 0. The summed E-state index contributed by atoms with van der Waals surface area (Å²) in [6, 6.07) is 0. The van der Waals surface area contributed by atoms with Crippen molar-refractivity contribution in [2.24, 2.45) is 0 Å². The van der Waals surface area contributed by atoms with E-state index in [4.69, 9.17) is 0 Å². The average Bonchev–Trinajstić information content (AvgIpc) is 1.50. The highest BCUT2D eigenvalue weighted by molar-refractivity contribution is 7.15. The maximum absolute atomic E-state index is 4.64. The lowest BCUT2D eigenvalue weighted by atomic mass is 12.0. The van der Waals surface area contributed by atoms with Gasteiger partial charge in [0.25, 0.3) is 0 Å². The molecule has 0 rings (SSSR count). The first kappa shape index (κ1) is 8.83. The minimum Gasteiger partial charge on any atom is -0.141 e. The smallest absolute Gasteiger partial charge is 0.0108 e. The van der Waals surface area contributed by atoms with Gasteiger partial charge in [0.1, 0.15) is 0 Å². The molecule has 0 radical (unpaired) electrons. The summed E-state index contributed by atoms with van der Waals surface area (Å²) in [5.74, 6) is 0. The van der Waals surface area contributed by atoms with Gasteiger partial charge in [0.05, 0.1) is 0 Å². The molecule has 0 aliphatic heterocycles. The Morgan fingerprint density at radius 2 is 1.25 bits per heavy atom. The number of hydrogen-bond acceptors (Lipinski definition) is 0. The van der Waals surface area contributed by atoms with Crippen molar-refractivity contribution in [1.82, 2.24) is 0 Å². The highest BCUT2D eigenvalue weighted by atomic mass is 35.5. The van der Waals surface area contributed by atoms with E-state index in [1.165, 1.54) is 6.38 Å². The summed E-state index contributed by atoms with van der Waals surface area (Å²) in [6.45, 7) is 1.92. The van der Waals surface area contributed by atoms with Gasteiger partial charge in [-0.15, -0.1) is 20.8 Å². The summed E-state index contributed by atoms with van der Waals surface area (Å²) >= 11 is 4.64. The third kappa shape index (κ3) is 15.5. The number of rotatable bonds is 0. The Bertz CT molecular complexity index is 6.00. The molecule has 0 bridgehead atoms. The molecule has 0 fully saturated rings. The first-order valence-electron chi connectivity index (χ1n) is 0.955. The minimum absolute atomic E-state index is 1.47. The second kappa shape index (κ2) is 53.1. The van der Waals surface area contributed by atoms with Gasteiger partial charge in [0, 0.05) is 6.38 Å². The molecule has 0 aliphatic carbocycles. The van der Waals surface area contributed by atoms with Gasteiger partial charge in [-0.1, -0.05) is 6.66 Å². The van der Waals surface area contributed by atoms with E-state index < -0.39 is 0 Å². The highest BCUT2D eigenvalue weighted by Crippen LogP contribution is 1.46. The summed E-state index contributed by atoms with van der Waals surface area (Å²) in [5.41, 5.74) is 0. The fourth-order valence-electron chi connectivity index (χ4n) is 0. The lowest BCUT2D eigenvalue weighted by molar-refractivity contribution is 2.46. The van der Waals surface area contributed by atoms with E-state index in [1.54, 1.807) is 0 Å². The van der Waals surface area contributed by atoms with Crippen LogP contribution in [0, 0.1) is 0 Å². The fraction of sp³-hybridized carbons (Fsp3) is 1.00. The van der Waals surface area contributed by atoms with Gasteiger partial charge < -0.3 is 0 Å². The summed E-state index contributed by atoms with van der Waals surface area (Å²) in [6.07, 6.45) is 1.47. The Morgan fingerprint density at radius 3 is 1.25 bits per heavy atom. The van der Waals surface area contributed by atoms with E-state index in [-0.39, 0.29) is 0 Å². The Hall–Kier alpha value is 0.720. The molecule has 28 valence electrons. The van der Waals surface area contributed by atoms with Crippen LogP contribution in [-0.2, 0) is 0 Å². The molecule has 0 saturated heterocycles. The highest BCUT2D eigenvalue weighted by Gasteiger charge is 0.943. The molecule has 1 atom stereocenters. The van der Waals surface area contributed by atoms with Crippen LogP contribution in [0.15, 0.2) is 0 Å². The van der Waals surface area contributed by atoms with Gasteiger partial charge >= 0.3 is 0 Å². The molecule has 4 heavy (non-hydrogen) atoms. The summed E-state index contributed by atoms with van der Waals surface area (Å²) in [5, 5.41) is 0. The predicted molar refractivity (Wildman–Crippen MR) is 27.4 cm³/mol. The van der Waals surface area contributed by atoms with Crippen LogP contribution in [-0.4, -0.2) is 13.0 Å². The molecule has 0 spiro atoms. The van der Waals surface area contributed by atoms with E-state index in [0.29, 0.717) is 0 Å². The van der Waals surface area contributed by atoms with Crippen LogP contribution in [0.1, 0.15) is 0 Å². The van der Waals surface area contributed by atoms with Crippen LogP contribution >= 0.6 is 20.8 Å². The van der Waals surface area contributed by atoms with Crippen LogP contribution in [0.2, 0.25) is 0 Å². The van der Waals surface area contributed by atoms with Crippen LogP contribution in [0.3, 0.4) is 0 Å². The maximum atomic E-state index is 4.64. The minimum atomic E-state index is 1.47. The summed E-state index contributed by atoms with van der Waals surface area (Å²) < 4.78 is 0. The van der Waals surface area contributed by atoms with Crippen molar-refractivity contribution in [3.8, 4) is 0 Å². The molecule has 0 aromatic carbocycles. The second-order valence-electron chi connectivity index (χ2n) is 0. The first-order valence-corrected chi connectivity index (χ1v) is 2.87. The van der Waals surface area contributed by atoms with Crippen molar-refractivity contribution in [3.63, 3.8) is 0 Å². The second-order valence-corrected chi connectivity index (χ2v) is 0. The van der Waals surface area contributed by atoms with Gasteiger partial charge in [0.15, 0.2) is 0 Å². The molecule has 0 amide bonds. The molecule has 0 saturated carbocycles. The molecule has 0 aliphatic rings. The Morgan fingerprint density at radius 1 is 1.25 bits per heavy atom. The zero-order chi connectivity index (χ0) is 4.00. The van der Waals surface area contributed by atoms with Crippen molar-refractivity contribution in [3.05, 3.63) is 0 Å². The Balaban J connectivity index is 0. The van der Waals surface area contributed by atoms with Gasteiger partial charge in [-0.3, -0.25) is 0 Å². The summed E-state index contributed by atoms with van der Waals surface area (Å²) in [7, 11) is 2.42. The van der Waals surface area contributed by atoms with Gasteiger partial charge in [-0.2, -0.15) is 0 Å². The lowest BCUT2D eigenvalue weighted by Gasteiger charge is -1.10. The van der Waals surface area contributed by atoms with Crippen LogP contribution in [0.4, 0.5) is 0 Å². The quantitative estimate of drug-likeness (QED) is 0.317. The zero-order valence-electron chi connectivity index (χ0n) is 2.96. The van der Waals surface area contributed by atoms with Gasteiger partial charge in [0.2, 0.25) is 0 Å². The molecule has 0 aromatic rings. The standard InChI is InChI=1S/CH3Cl.CH5P/c2*1-2/h1H3;2H2,1H3. The lowest BCUT2D eigenvalue weighted by Crippen LogP contribution is -0.852. The number of alkyl halides is 1. The largest absolute Gasteiger partial charge is 0.141 e. The molecule has 2 heteroatoms. The van der Waals surface area contributed by atoms with Crippen molar-refractivity contribution in [1.29, 1.82) is 0 Å². The molecule has 0 heterocycles. The fourth-order valence-corrected chi connectivity index (χ4v) is 0. The van der Waals surface area contributed by atoms with E-state index in [0.717, 1.165) is 0 Å². The van der Waals surface area contributed by atoms with Crippen LogP contribution in [0.5, 0.6) is 0 Å². The van der Waals surface area contributed by atoms with Crippen molar-refractivity contribution < 1.29 is 0 Å².